The minimum Gasteiger partial charge on any atom is -0.462 e. The van der Waals surface area contributed by atoms with E-state index in [4.69, 9.17) is 4.74 Å². The molecule has 1 aromatic heterocycles. The largest absolute Gasteiger partial charge is 0.462 e. The Balaban J connectivity index is 1.43. The number of anilines is 1. The molecule has 4 rings (SSSR count). The van der Waals surface area contributed by atoms with Gasteiger partial charge in [0, 0.05) is 29.5 Å². The lowest BCUT2D eigenvalue weighted by molar-refractivity contribution is -0.120. The van der Waals surface area contributed by atoms with Crippen LogP contribution in [-0.2, 0) is 19.6 Å². The second-order valence-corrected chi connectivity index (χ2v) is 11.9. The van der Waals surface area contributed by atoms with Crippen LogP contribution in [0.1, 0.15) is 29.4 Å². The predicted octanol–water partition coefficient (Wildman–Crippen LogP) is 4.75. The first-order valence-electron chi connectivity index (χ1n) is 11.5. The van der Waals surface area contributed by atoms with E-state index >= 15 is 0 Å². The van der Waals surface area contributed by atoms with Crippen molar-refractivity contribution in [2.75, 3.05) is 31.3 Å². The molecule has 11 heteroatoms. The Morgan fingerprint density at radius 2 is 1.78 bits per heavy atom. The maximum absolute atomic E-state index is 13.0. The molecule has 0 unspecified atom stereocenters. The van der Waals surface area contributed by atoms with Crippen molar-refractivity contribution in [2.24, 2.45) is 5.92 Å². The van der Waals surface area contributed by atoms with Gasteiger partial charge < -0.3 is 10.1 Å². The first-order chi connectivity index (χ1) is 17.3. The van der Waals surface area contributed by atoms with Gasteiger partial charge in [0.15, 0.2) is 5.13 Å². The number of hydrogen-bond donors (Lipinski definition) is 1. The fourth-order valence-corrected chi connectivity index (χ4v) is 6.73. The predicted molar refractivity (Wildman–Crippen MR) is 142 cm³/mol. The van der Waals surface area contributed by atoms with Crippen LogP contribution >= 0.6 is 23.1 Å². The van der Waals surface area contributed by atoms with Crippen LogP contribution in [0.2, 0.25) is 0 Å². The molecule has 190 valence electrons. The van der Waals surface area contributed by atoms with Crippen molar-refractivity contribution in [3.05, 3.63) is 59.5 Å². The average molecular weight is 546 g/mol. The molecule has 8 nitrogen and oxygen atoms in total. The number of benzene rings is 2. The van der Waals surface area contributed by atoms with E-state index in [-0.39, 0.29) is 36.4 Å². The van der Waals surface area contributed by atoms with Crippen LogP contribution in [0.3, 0.4) is 0 Å². The molecule has 36 heavy (non-hydrogen) atoms. The summed E-state index contributed by atoms with van der Waals surface area (Å²) in [5, 5.41) is 3.14. The number of aromatic nitrogens is 1. The third-order valence-electron chi connectivity index (χ3n) is 5.89. The maximum atomic E-state index is 13.0. The van der Waals surface area contributed by atoms with E-state index < -0.39 is 16.0 Å². The molecule has 0 bridgehead atoms. The lowest BCUT2D eigenvalue weighted by atomic mass is 9.97. The molecule has 1 saturated heterocycles. The fourth-order valence-electron chi connectivity index (χ4n) is 3.96. The Hall–Kier alpha value is -2.73. The van der Waals surface area contributed by atoms with E-state index in [1.807, 2.05) is 36.6 Å². The van der Waals surface area contributed by atoms with Crippen LogP contribution < -0.4 is 5.32 Å². The van der Waals surface area contributed by atoms with Gasteiger partial charge in [-0.1, -0.05) is 41.7 Å². The number of nitrogens with one attached hydrogen (secondary N) is 1. The zero-order valence-electron chi connectivity index (χ0n) is 20.0. The first kappa shape index (κ1) is 26.3. The van der Waals surface area contributed by atoms with Gasteiger partial charge in [-0.25, -0.2) is 18.2 Å². The highest BCUT2D eigenvalue weighted by atomic mass is 32.2. The summed E-state index contributed by atoms with van der Waals surface area (Å²) in [7, 11) is -3.61. The number of hydrogen-bond acceptors (Lipinski definition) is 8. The molecular weight excluding hydrogens is 518 g/mol. The number of carbonyl (C=O) groups excluding carboxylic acids is 2. The van der Waals surface area contributed by atoms with Gasteiger partial charge in [-0.15, -0.1) is 11.8 Å². The van der Waals surface area contributed by atoms with Gasteiger partial charge in [0.25, 0.3) is 0 Å². The van der Waals surface area contributed by atoms with Crippen molar-refractivity contribution in [3.8, 4) is 11.3 Å². The Labute approximate surface area is 219 Å². The minimum absolute atomic E-state index is 0.232. The Bertz CT molecular complexity index is 1320. The average Bonchev–Trinajstić information content (AvgIpc) is 3.33. The van der Waals surface area contributed by atoms with E-state index in [2.05, 4.69) is 10.3 Å². The lowest BCUT2D eigenvalue weighted by Gasteiger charge is -2.30. The molecule has 1 amide bonds. The molecule has 3 aromatic rings. The summed E-state index contributed by atoms with van der Waals surface area (Å²) in [6.07, 6.45) is 2.73. The van der Waals surface area contributed by atoms with E-state index in [1.54, 1.807) is 43.0 Å². The number of rotatable bonds is 8. The van der Waals surface area contributed by atoms with Crippen LogP contribution in [0.4, 0.5) is 5.13 Å². The zero-order chi connectivity index (χ0) is 25.7. The van der Waals surface area contributed by atoms with Crippen molar-refractivity contribution in [2.45, 2.75) is 29.6 Å². The molecule has 0 spiro atoms. The van der Waals surface area contributed by atoms with E-state index in [1.165, 1.54) is 4.31 Å². The molecule has 2 aromatic carbocycles. The molecule has 1 fully saturated rings. The van der Waals surface area contributed by atoms with Gasteiger partial charge in [-0.05, 0) is 50.3 Å². The summed E-state index contributed by atoms with van der Waals surface area (Å²) >= 11 is 2.62. The topological polar surface area (TPSA) is 106 Å². The zero-order valence-corrected chi connectivity index (χ0v) is 22.4. The molecule has 2 heterocycles. The van der Waals surface area contributed by atoms with Crippen molar-refractivity contribution >= 4 is 50.1 Å². The molecule has 0 radical (unpaired) electrons. The van der Waals surface area contributed by atoms with Gasteiger partial charge in [0.05, 0.1) is 17.2 Å². The summed E-state index contributed by atoms with van der Waals surface area (Å²) in [6, 6.07) is 16.1. The monoisotopic (exact) mass is 545 g/mol. The highest BCUT2D eigenvalue weighted by molar-refractivity contribution is 7.98. The number of esters is 1. The number of sulfonamides is 1. The van der Waals surface area contributed by atoms with Crippen molar-refractivity contribution in [1.29, 1.82) is 0 Å². The highest BCUT2D eigenvalue weighted by Gasteiger charge is 2.33. The Kier molecular flexibility index (Phi) is 8.45. The van der Waals surface area contributed by atoms with E-state index in [0.29, 0.717) is 28.5 Å². The maximum Gasteiger partial charge on any atom is 0.350 e. The first-order valence-corrected chi connectivity index (χ1v) is 15.0. The molecule has 1 N–H and O–H groups in total. The third kappa shape index (κ3) is 5.80. The molecule has 0 aliphatic carbocycles. The number of amides is 1. The summed E-state index contributed by atoms with van der Waals surface area (Å²) in [5.41, 5.74) is 1.21. The highest BCUT2D eigenvalue weighted by Crippen LogP contribution is 2.33. The summed E-state index contributed by atoms with van der Waals surface area (Å²) in [6.45, 7) is 2.48. The van der Waals surface area contributed by atoms with Crippen LogP contribution in [0.25, 0.3) is 11.3 Å². The van der Waals surface area contributed by atoms with Gasteiger partial charge in [0.2, 0.25) is 15.9 Å². The molecular formula is C25H27N3O5S3. The number of piperidine rings is 1. The third-order valence-corrected chi connectivity index (χ3v) is 9.49. The van der Waals surface area contributed by atoms with E-state index in [0.717, 1.165) is 21.8 Å². The van der Waals surface area contributed by atoms with Gasteiger partial charge in [-0.2, -0.15) is 4.31 Å². The molecule has 1 aliphatic heterocycles. The van der Waals surface area contributed by atoms with Gasteiger partial charge >= 0.3 is 5.97 Å². The Morgan fingerprint density at radius 1 is 1.11 bits per heavy atom. The van der Waals surface area contributed by atoms with Crippen molar-refractivity contribution in [3.63, 3.8) is 0 Å². The summed E-state index contributed by atoms with van der Waals surface area (Å²) in [4.78, 5) is 31.6. The van der Waals surface area contributed by atoms with Crippen LogP contribution in [-0.4, -0.2) is 55.5 Å². The normalized spacial score (nSPS) is 14.9. The molecule has 0 saturated carbocycles. The lowest BCUT2D eigenvalue weighted by Crippen LogP contribution is -2.41. The standard InChI is InChI=1S/C25H27N3O5S3/c1-3-33-24(30)22-21(17-7-5-4-6-8-17)26-25(35-22)27-23(29)18-13-15-28(16-14-18)36(31,32)20-11-9-19(34-2)10-12-20/h4-12,18H,3,13-16H2,1-2H3,(H,26,27,29). The van der Waals surface area contributed by atoms with Crippen molar-refractivity contribution < 1.29 is 22.7 Å². The number of thioether (sulfide) groups is 1. The molecule has 1 aliphatic rings. The quantitative estimate of drug-likeness (QED) is 0.322. The van der Waals surface area contributed by atoms with E-state index in [9.17, 15) is 18.0 Å². The van der Waals surface area contributed by atoms with Crippen LogP contribution in [0, 0.1) is 5.92 Å². The Morgan fingerprint density at radius 3 is 2.39 bits per heavy atom. The van der Waals surface area contributed by atoms with Crippen molar-refractivity contribution in [1.82, 2.24) is 9.29 Å². The minimum atomic E-state index is -3.61. The fraction of sp³-hybridized carbons (Fsp3) is 0.320. The number of nitrogens with zero attached hydrogens (tertiary/aromatic N) is 2. The summed E-state index contributed by atoms with van der Waals surface area (Å²) in [5.74, 6) is -1.08. The smallest absolute Gasteiger partial charge is 0.350 e. The molecule has 0 atom stereocenters. The van der Waals surface area contributed by atoms with Gasteiger partial charge in [-0.3, -0.25) is 4.79 Å². The number of ether oxygens (including phenoxy) is 1. The van der Waals surface area contributed by atoms with Crippen LogP contribution in [0.5, 0.6) is 0 Å². The van der Waals surface area contributed by atoms with Crippen LogP contribution in [0.15, 0.2) is 64.4 Å². The second-order valence-electron chi connectivity index (χ2n) is 8.13. The SMILES string of the molecule is CCOC(=O)c1sc(NC(=O)C2CCN(S(=O)(=O)c3ccc(SC)cc3)CC2)nc1-c1ccccc1. The number of carbonyl (C=O) groups is 2. The number of thiazole rings is 1. The van der Waals surface area contributed by atoms with Gasteiger partial charge in [0.1, 0.15) is 4.88 Å². The second kappa shape index (κ2) is 11.5. The summed E-state index contributed by atoms with van der Waals surface area (Å²) < 4.78 is 32.6.